The van der Waals surface area contributed by atoms with Crippen LogP contribution >= 0.6 is 0 Å². The Kier molecular flexibility index (Phi) is 8.82. The molecule has 0 unspecified atom stereocenters. The summed E-state index contributed by atoms with van der Waals surface area (Å²) in [6.45, 7) is 3.22. The first-order valence-corrected chi connectivity index (χ1v) is 15.0. The Morgan fingerprint density at radius 2 is 0.955 bits per heavy atom. The van der Waals surface area contributed by atoms with Crippen LogP contribution in [-0.4, -0.2) is 55.2 Å². The van der Waals surface area contributed by atoms with Crippen LogP contribution in [0.2, 0.25) is 0 Å². The molecule has 7 heteroatoms. The number of rotatable bonds is 12. The van der Waals surface area contributed by atoms with Crippen LogP contribution in [0, 0.1) is 0 Å². The summed E-state index contributed by atoms with van der Waals surface area (Å²) < 4.78 is 0. The summed E-state index contributed by atoms with van der Waals surface area (Å²) in [5.74, 6) is 1.89. The van der Waals surface area contributed by atoms with Gasteiger partial charge in [0.25, 0.3) is 0 Å². The average Bonchev–Trinajstić information content (AvgIpc) is 3.78. The van der Waals surface area contributed by atoms with Gasteiger partial charge in [0.15, 0.2) is 11.6 Å². The third kappa shape index (κ3) is 7.24. The summed E-state index contributed by atoms with van der Waals surface area (Å²) in [7, 11) is 0. The number of hydrogen-bond donors (Lipinski definition) is 2. The largest absolute Gasteiger partial charge is 0.368 e. The molecule has 0 atom stereocenters. The van der Waals surface area contributed by atoms with Crippen molar-refractivity contribution in [3.05, 3.63) is 142 Å². The van der Waals surface area contributed by atoms with Gasteiger partial charge in [0, 0.05) is 61.0 Å². The van der Waals surface area contributed by atoms with Crippen molar-refractivity contribution < 1.29 is 14.4 Å². The Morgan fingerprint density at radius 3 is 1.34 bits per heavy atom. The Morgan fingerprint density at radius 1 is 0.523 bits per heavy atom. The zero-order valence-corrected chi connectivity index (χ0v) is 24.5. The van der Waals surface area contributed by atoms with Crippen molar-refractivity contribution in [2.24, 2.45) is 9.98 Å². The topological polar surface area (TPSA) is 100.0 Å². The molecular weight excluding hydrogens is 548 g/mol. The summed E-state index contributed by atoms with van der Waals surface area (Å²) in [4.78, 5) is 47.6. The highest BCUT2D eigenvalue weighted by molar-refractivity contribution is 6.02. The van der Waals surface area contributed by atoms with Crippen molar-refractivity contribution in [3.63, 3.8) is 0 Å². The highest BCUT2D eigenvalue weighted by Crippen LogP contribution is 2.16. The zero-order chi connectivity index (χ0) is 30.3. The lowest BCUT2D eigenvalue weighted by Gasteiger charge is -2.08. The average molecular weight is 583 g/mol. The third-order valence-electron chi connectivity index (χ3n) is 7.83. The van der Waals surface area contributed by atoms with Crippen molar-refractivity contribution in [3.8, 4) is 0 Å². The molecule has 0 aromatic heterocycles. The van der Waals surface area contributed by atoms with E-state index in [2.05, 4.69) is 20.6 Å². The molecule has 0 amide bonds. The summed E-state index contributed by atoms with van der Waals surface area (Å²) in [6.07, 6.45) is 1.17. The lowest BCUT2D eigenvalue weighted by atomic mass is 9.97. The number of nitrogens with zero attached hydrogens (tertiary/aromatic N) is 2. The summed E-state index contributed by atoms with van der Waals surface area (Å²) in [5, 5.41) is 6.53. The monoisotopic (exact) mass is 582 g/mol. The van der Waals surface area contributed by atoms with Crippen LogP contribution in [0.5, 0.6) is 0 Å². The summed E-state index contributed by atoms with van der Waals surface area (Å²) in [6, 6.07) is 30.4. The molecule has 6 rings (SSSR count). The van der Waals surface area contributed by atoms with Crippen LogP contribution in [0.3, 0.4) is 0 Å². The molecule has 0 bridgehead atoms. The first kappa shape index (κ1) is 28.9. The van der Waals surface area contributed by atoms with E-state index >= 15 is 0 Å². The first-order chi connectivity index (χ1) is 21.5. The highest BCUT2D eigenvalue weighted by atomic mass is 16.1. The minimum Gasteiger partial charge on any atom is -0.368 e. The van der Waals surface area contributed by atoms with Gasteiger partial charge in [0.05, 0.1) is 13.1 Å². The summed E-state index contributed by atoms with van der Waals surface area (Å²) >= 11 is 0. The van der Waals surface area contributed by atoms with Crippen molar-refractivity contribution in [1.82, 2.24) is 10.6 Å². The minimum atomic E-state index is 0.0314. The third-order valence-corrected chi connectivity index (χ3v) is 7.83. The molecule has 220 valence electrons. The van der Waals surface area contributed by atoms with Crippen molar-refractivity contribution in [1.29, 1.82) is 0 Å². The standard InChI is InChI=1S/C37H34N4O3/c42-33(21-25-7-11-29(12-8-25)34(43)23-27-3-1-5-31(19-27)36-38-15-16-39-36)22-26-9-13-30(14-10-26)35(44)24-28-4-2-6-32(20-28)37-40-17-18-41-37/h1-14,19-20H,15-18,21-24H2,(H,38,39)(H,40,41). The lowest BCUT2D eigenvalue weighted by molar-refractivity contribution is -0.117. The molecule has 0 spiro atoms. The van der Waals surface area contributed by atoms with Crippen LogP contribution in [0.15, 0.2) is 107 Å². The van der Waals surface area contributed by atoms with Crippen LogP contribution < -0.4 is 10.6 Å². The second kappa shape index (κ2) is 13.4. The molecule has 0 aliphatic carbocycles. The SMILES string of the molecule is O=C(Cc1ccc(C(=O)Cc2cccc(C3=NCCN3)c2)cc1)Cc1ccc(C(=O)Cc2cccc(C3=NCCN3)c2)cc1. The number of aliphatic imine (C=N–C) groups is 2. The summed E-state index contributed by atoms with van der Waals surface area (Å²) in [5.41, 5.74) is 6.86. The maximum absolute atomic E-state index is 12.9. The number of carbonyl (C=O) groups excluding carboxylic acids is 3. The van der Waals surface area contributed by atoms with E-state index < -0.39 is 0 Å². The van der Waals surface area contributed by atoms with Gasteiger partial charge in [-0.2, -0.15) is 0 Å². The van der Waals surface area contributed by atoms with E-state index in [4.69, 9.17) is 0 Å². The van der Waals surface area contributed by atoms with Gasteiger partial charge < -0.3 is 10.6 Å². The molecule has 2 N–H and O–H groups in total. The molecule has 0 saturated carbocycles. The predicted molar refractivity (Wildman–Crippen MR) is 173 cm³/mol. The van der Waals surface area contributed by atoms with E-state index in [1.165, 1.54) is 0 Å². The molecule has 44 heavy (non-hydrogen) atoms. The Hall–Kier alpha value is -5.17. The van der Waals surface area contributed by atoms with E-state index in [1.54, 1.807) is 24.3 Å². The second-order valence-corrected chi connectivity index (χ2v) is 11.2. The van der Waals surface area contributed by atoms with E-state index in [-0.39, 0.29) is 30.2 Å². The fraction of sp³-hybridized carbons (Fsp3) is 0.216. The van der Waals surface area contributed by atoms with E-state index in [1.807, 2.05) is 72.8 Å². The van der Waals surface area contributed by atoms with Gasteiger partial charge in [0.1, 0.15) is 17.5 Å². The molecule has 2 aliphatic heterocycles. The Balaban J connectivity index is 0.997. The normalized spacial score (nSPS) is 13.9. The van der Waals surface area contributed by atoms with Gasteiger partial charge in [-0.25, -0.2) is 0 Å². The van der Waals surface area contributed by atoms with Crippen molar-refractivity contribution >= 4 is 29.0 Å². The molecule has 4 aromatic rings. The second-order valence-electron chi connectivity index (χ2n) is 11.2. The quantitative estimate of drug-likeness (QED) is 0.238. The number of benzene rings is 4. The van der Waals surface area contributed by atoms with Gasteiger partial charge in [-0.05, 0) is 34.4 Å². The number of ketones is 3. The molecule has 0 saturated heterocycles. The number of nitrogens with one attached hydrogen (secondary N) is 2. The number of hydrogen-bond acceptors (Lipinski definition) is 7. The molecule has 7 nitrogen and oxygen atoms in total. The smallest absolute Gasteiger partial charge is 0.167 e. The zero-order valence-electron chi connectivity index (χ0n) is 24.5. The fourth-order valence-electron chi connectivity index (χ4n) is 5.55. The minimum absolute atomic E-state index is 0.0314. The first-order valence-electron chi connectivity index (χ1n) is 15.0. The molecule has 2 aliphatic rings. The molecule has 2 heterocycles. The Labute approximate surface area is 257 Å². The van der Waals surface area contributed by atoms with Gasteiger partial charge in [-0.3, -0.25) is 24.4 Å². The van der Waals surface area contributed by atoms with Gasteiger partial charge in [-0.1, -0.05) is 84.9 Å². The van der Waals surface area contributed by atoms with Crippen LogP contribution in [0.4, 0.5) is 0 Å². The Bertz CT molecular complexity index is 1630. The van der Waals surface area contributed by atoms with Gasteiger partial charge in [0.2, 0.25) is 0 Å². The van der Waals surface area contributed by atoms with Crippen LogP contribution in [0.25, 0.3) is 0 Å². The van der Waals surface area contributed by atoms with Crippen molar-refractivity contribution in [2.75, 3.05) is 26.2 Å². The molecule has 4 aromatic carbocycles. The van der Waals surface area contributed by atoms with Crippen LogP contribution in [-0.2, 0) is 30.5 Å². The van der Waals surface area contributed by atoms with Crippen molar-refractivity contribution in [2.45, 2.75) is 25.7 Å². The fourth-order valence-corrected chi connectivity index (χ4v) is 5.55. The maximum atomic E-state index is 12.9. The van der Waals surface area contributed by atoms with E-state index in [9.17, 15) is 14.4 Å². The number of amidine groups is 2. The molecular formula is C37H34N4O3. The van der Waals surface area contributed by atoms with Gasteiger partial charge in [-0.15, -0.1) is 0 Å². The van der Waals surface area contributed by atoms with E-state index in [0.29, 0.717) is 24.0 Å². The highest BCUT2D eigenvalue weighted by Gasteiger charge is 2.14. The maximum Gasteiger partial charge on any atom is 0.167 e. The van der Waals surface area contributed by atoms with E-state index in [0.717, 1.165) is 71.2 Å². The lowest BCUT2D eigenvalue weighted by Crippen LogP contribution is -2.19. The molecule has 0 radical (unpaired) electrons. The van der Waals surface area contributed by atoms with Gasteiger partial charge >= 0.3 is 0 Å². The number of Topliss-reactive ketones (excluding diaryl/α,β-unsaturated/α-hetero) is 3. The molecule has 0 fully saturated rings. The van der Waals surface area contributed by atoms with Crippen LogP contribution in [0.1, 0.15) is 54.1 Å². The predicted octanol–water partition coefficient (Wildman–Crippen LogP) is 4.59. The number of carbonyl (C=O) groups is 3.